The van der Waals surface area contributed by atoms with Crippen LogP contribution in [0.3, 0.4) is 0 Å². The Morgan fingerprint density at radius 2 is 1.21 bits per heavy atom. The van der Waals surface area contributed by atoms with E-state index in [1.54, 1.807) is 0 Å². The highest BCUT2D eigenvalue weighted by molar-refractivity contribution is 6.21. The van der Waals surface area contributed by atoms with Crippen molar-refractivity contribution in [2.75, 3.05) is 0 Å². The molecule has 0 amide bonds. The molecule has 3 heteroatoms. The molecule has 0 radical (unpaired) electrons. The molecule has 0 bridgehead atoms. The Bertz CT molecular complexity index is 1480. The normalized spacial score (nSPS) is 11.4. The lowest BCUT2D eigenvalue weighted by Gasteiger charge is -2.07. The molecular weight excluding hydrogens is 354 g/mol. The molecule has 6 rings (SSSR count). The Labute approximate surface area is 167 Å². The fourth-order valence-corrected chi connectivity index (χ4v) is 4.17. The molecule has 0 fully saturated rings. The molecule has 0 unspecified atom stereocenters. The maximum absolute atomic E-state index is 4.73. The topological polar surface area (TPSA) is 30.7 Å². The van der Waals surface area contributed by atoms with Crippen LogP contribution in [0.15, 0.2) is 103 Å². The summed E-state index contributed by atoms with van der Waals surface area (Å²) in [6, 6.07) is 31.6. The molecule has 4 aromatic carbocycles. The van der Waals surface area contributed by atoms with Crippen LogP contribution < -0.4 is 0 Å². The van der Waals surface area contributed by atoms with Crippen LogP contribution in [0.4, 0.5) is 0 Å². The van der Waals surface area contributed by atoms with Crippen molar-refractivity contribution >= 4 is 32.6 Å². The first-order valence-electron chi connectivity index (χ1n) is 9.69. The van der Waals surface area contributed by atoms with Gasteiger partial charge in [-0.2, -0.15) is 0 Å². The van der Waals surface area contributed by atoms with Crippen molar-refractivity contribution < 1.29 is 0 Å². The summed E-state index contributed by atoms with van der Waals surface area (Å²) in [4.78, 5) is 9.46. The summed E-state index contributed by atoms with van der Waals surface area (Å²) in [6.45, 7) is 0. The summed E-state index contributed by atoms with van der Waals surface area (Å²) < 4.78 is 2.16. The summed E-state index contributed by atoms with van der Waals surface area (Å²) in [7, 11) is 0. The van der Waals surface area contributed by atoms with Gasteiger partial charge in [0.15, 0.2) is 0 Å². The molecule has 0 aliphatic rings. The number of hydrogen-bond donors (Lipinski definition) is 0. The van der Waals surface area contributed by atoms with Gasteiger partial charge in [0.2, 0.25) is 5.95 Å². The van der Waals surface area contributed by atoms with E-state index in [1.165, 1.54) is 21.5 Å². The fourth-order valence-electron chi connectivity index (χ4n) is 4.17. The maximum atomic E-state index is 4.73. The third-order valence-corrected chi connectivity index (χ3v) is 5.51. The zero-order valence-corrected chi connectivity index (χ0v) is 15.7. The van der Waals surface area contributed by atoms with Crippen molar-refractivity contribution in [3.8, 4) is 17.1 Å². The van der Waals surface area contributed by atoms with Gasteiger partial charge in [0, 0.05) is 28.7 Å². The molecule has 136 valence electrons. The number of para-hydroxylation sites is 1. The van der Waals surface area contributed by atoms with E-state index in [4.69, 9.17) is 9.97 Å². The van der Waals surface area contributed by atoms with Gasteiger partial charge in [0.25, 0.3) is 0 Å². The van der Waals surface area contributed by atoms with Crippen molar-refractivity contribution in [2.24, 2.45) is 0 Å². The standard InChI is InChI=1S/C26H17N3/c1-2-8-18(9-3-1)20-16-27-26(28-17-20)29-23-13-7-6-12-22(23)25-21-11-5-4-10-19(21)14-15-24(25)29/h1-17H. The van der Waals surface area contributed by atoms with Crippen molar-refractivity contribution in [3.63, 3.8) is 0 Å². The van der Waals surface area contributed by atoms with Crippen LogP contribution in [0.1, 0.15) is 0 Å². The summed E-state index contributed by atoms with van der Waals surface area (Å²) in [5.74, 6) is 0.686. The Morgan fingerprint density at radius 3 is 2.03 bits per heavy atom. The average Bonchev–Trinajstić information content (AvgIpc) is 3.15. The third kappa shape index (κ3) is 2.44. The molecule has 0 N–H and O–H groups in total. The molecule has 0 atom stereocenters. The van der Waals surface area contributed by atoms with Gasteiger partial charge in [0.1, 0.15) is 0 Å². The minimum atomic E-state index is 0.686. The second-order valence-electron chi connectivity index (χ2n) is 7.17. The van der Waals surface area contributed by atoms with Crippen LogP contribution in [0.2, 0.25) is 0 Å². The van der Waals surface area contributed by atoms with Gasteiger partial charge in [-0.05, 0) is 28.5 Å². The van der Waals surface area contributed by atoms with E-state index >= 15 is 0 Å². The van der Waals surface area contributed by atoms with Gasteiger partial charge >= 0.3 is 0 Å². The minimum absolute atomic E-state index is 0.686. The van der Waals surface area contributed by atoms with E-state index in [0.717, 1.165) is 22.2 Å². The van der Waals surface area contributed by atoms with Gasteiger partial charge in [-0.15, -0.1) is 0 Å². The van der Waals surface area contributed by atoms with Gasteiger partial charge in [-0.1, -0.05) is 78.9 Å². The average molecular weight is 371 g/mol. The van der Waals surface area contributed by atoms with E-state index in [1.807, 2.05) is 30.6 Å². The molecule has 0 aliphatic carbocycles. The fraction of sp³-hybridized carbons (Fsp3) is 0. The Morgan fingerprint density at radius 1 is 0.517 bits per heavy atom. The van der Waals surface area contributed by atoms with E-state index in [0.29, 0.717) is 5.95 Å². The minimum Gasteiger partial charge on any atom is -0.278 e. The highest BCUT2D eigenvalue weighted by Gasteiger charge is 2.15. The van der Waals surface area contributed by atoms with Crippen LogP contribution in [0.5, 0.6) is 0 Å². The summed E-state index contributed by atoms with van der Waals surface area (Å²) in [5.41, 5.74) is 4.37. The van der Waals surface area contributed by atoms with E-state index in [-0.39, 0.29) is 0 Å². The Hall–Kier alpha value is -3.98. The molecule has 6 aromatic rings. The first-order chi connectivity index (χ1) is 14.4. The molecule has 0 saturated carbocycles. The van der Waals surface area contributed by atoms with E-state index in [9.17, 15) is 0 Å². The molecule has 29 heavy (non-hydrogen) atoms. The highest BCUT2D eigenvalue weighted by atomic mass is 15.1. The van der Waals surface area contributed by atoms with Gasteiger partial charge in [-0.3, -0.25) is 4.57 Å². The number of rotatable bonds is 2. The van der Waals surface area contributed by atoms with E-state index < -0.39 is 0 Å². The summed E-state index contributed by atoms with van der Waals surface area (Å²) in [6.07, 6.45) is 3.80. The predicted octanol–water partition coefficient (Wildman–Crippen LogP) is 6.39. The molecule has 3 nitrogen and oxygen atoms in total. The van der Waals surface area contributed by atoms with Crippen LogP contribution in [0, 0.1) is 0 Å². The smallest absolute Gasteiger partial charge is 0.234 e. The second-order valence-corrected chi connectivity index (χ2v) is 7.17. The third-order valence-electron chi connectivity index (χ3n) is 5.51. The first-order valence-corrected chi connectivity index (χ1v) is 9.69. The van der Waals surface area contributed by atoms with Crippen LogP contribution in [-0.4, -0.2) is 14.5 Å². The van der Waals surface area contributed by atoms with Crippen LogP contribution >= 0.6 is 0 Å². The van der Waals surface area contributed by atoms with Gasteiger partial charge in [0.05, 0.1) is 11.0 Å². The van der Waals surface area contributed by atoms with Gasteiger partial charge < -0.3 is 0 Å². The molecule has 2 heterocycles. The van der Waals surface area contributed by atoms with Gasteiger partial charge in [-0.25, -0.2) is 9.97 Å². The van der Waals surface area contributed by atoms with Crippen molar-refractivity contribution in [3.05, 3.63) is 103 Å². The number of fused-ring (bicyclic) bond motifs is 5. The SMILES string of the molecule is c1ccc(-c2cnc(-n3c4ccccc4c4c5ccccc5ccc43)nc2)cc1. The Balaban J connectivity index is 1.64. The number of nitrogens with zero attached hydrogens (tertiary/aromatic N) is 3. The quantitative estimate of drug-likeness (QED) is 0.353. The molecular formula is C26H17N3. The molecule has 0 saturated heterocycles. The molecule has 0 aliphatic heterocycles. The van der Waals surface area contributed by atoms with Crippen LogP contribution in [-0.2, 0) is 0 Å². The zero-order valence-electron chi connectivity index (χ0n) is 15.7. The summed E-state index contributed by atoms with van der Waals surface area (Å²) in [5, 5.41) is 4.95. The lowest BCUT2D eigenvalue weighted by atomic mass is 10.0. The largest absolute Gasteiger partial charge is 0.278 e. The van der Waals surface area contributed by atoms with Crippen LogP contribution in [0.25, 0.3) is 49.7 Å². The number of aromatic nitrogens is 3. The molecule has 0 spiro atoms. The lowest BCUT2D eigenvalue weighted by Crippen LogP contribution is -2.00. The highest BCUT2D eigenvalue weighted by Crippen LogP contribution is 2.36. The lowest BCUT2D eigenvalue weighted by molar-refractivity contribution is 0.990. The number of hydrogen-bond acceptors (Lipinski definition) is 2. The number of benzene rings is 4. The molecule has 2 aromatic heterocycles. The van der Waals surface area contributed by atoms with E-state index in [2.05, 4.69) is 77.4 Å². The zero-order chi connectivity index (χ0) is 19.2. The predicted molar refractivity (Wildman–Crippen MR) is 119 cm³/mol. The maximum Gasteiger partial charge on any atom is 0.234 e. The Kier molecular flexibility index (Phi) is 3.47. The summed E-state index contributed by atoms with van der Waals surface area (Å²) >= 11 is 0. The van der Waals surface area contributed by atoms with Crippen molar-refractivity contribution in [2.45, 2.75) is 0 Å². The van der Waals surface area contributed by atoms with Crippen molar-refractivity contribution in [1.29, 1.82) is 0 Å². The van der Waals surface area contributed by atoms with Crippen molar-refractivity contribution in [1.82, 2.24) is 14.5 Å². The second kappa shape index (κ2) is 6.28. The monoisotopic (exact) mass is 371 g/mol. The first kappa shape index (κ1) is 16.0.